The van der Waals surface area contributed by atoms with E-state index in [0.717, 1.165) is 24.2 Å². The van der Waals surface area contributed by atoms with Gasteiger partial charge in [0.15, 0.2) is 0 Å². The summed E-state index contributed by atoms with van der Waals surface area (Å²) in [7, 11) is 0. The number of hydrogen-bond acceptors (Lipinski definition) is 5. The highest BCUT2D eigenvalue weighted by molar-refractivity contribution is 5.96. The number of benzene rings is 1. The van der Waals surface area contributed by atoms with E-state index in [9.17, 15) is 10.1 Å². The van der Waals surface area contributed by atoms with Gasteiger partial charge in [0, 0.05) is 42.5 Å². The zero-order valence-electron chi connectivity index (χ0n) is 11.6. The second-order valence-corrected chi connectivity index (χ2v) is 4.82. The van der Waals surface area contributed by atoms with E-state index in [4.69, 9.17) is 0 Å². The van der Waals surface area contributed by atoms with Gasteiger partial charge in [-0.15, -0.1) is 0 Å². The summed E-state index contributed by atoms with van der Waals surface area (Å²) in [6.45, 7) is 5.76. The summed E-state index contributed by atoms with van der Waals surface area (Å²) in [5.74, 6) is 0. The number of pyridine rings is 1. The minimum atomic E-state index is -0.403. The van der Waals surface area contributed by atoms with Crippen molar-refractivity contribution in [2.45, 2.75) is 19.9 Å². The van der Waals surface area contributed by atoms with Gasteiger partial charge in [0.1, 0.15) is 5.52 Å². The molecule has 0 radical (unpaired) electrons. The van der Waals surface area contributed by atoms with E-state index in [-0.39, 0.29) is 5.69 Å². The molecule has 0 fully saturated rings. The van der Waals surface area contributed by atoms with Crippen LogP contribution in [0.3, 0.4) is 0 Å². The fraction of sp³-hybridized carbons (Fsp3) is 0.357. The number of nitro benzene ring substituents is 1. The number of hydrogen-bond donors (Lipinski definition) is 2. The molecule has 20 heavy (non-hydrogen) atoms. The molecule has 2 rings (SSSR count). The van der Waals surface area contributed by atoms with Gasteiger partial charge < -0.3 is 10.6 Å². The zero-order chi connectivity index (χ0) is 14.5. The molecule has 6 nitrogen and oxygen atoms in total. The fourth-order valence-corrected chi connectivity index (χ4v) is 2.02. The first-order valence-electron chi connectivity index (χ1n) is 6.59. The molecule has 1 aromatic heterocycles. The van der Waals surface area contributed by atoms with Crippen LogP contribution in [0.1, 0.15) is 13.8 Å². The number of fused-ring (bicyclic) bond motifs is 1. The lowest BCUT2D eigenvalue weighted by Gasteiger charge is -2.11. The van der Waals surface area contributed by atoms with Crippen LogP contribution >= 0.6 is 0 Å². The van der Waals surface area contributed by atoms with Crippen LogP contribution in [0.5, 0.6) is 0 Å². The second-order valence-electron chi connectivity index (χ2n) is 4.82. The number of anilines is 1. The zero-order valence-corrected chi connectivity index (χ0v) is 11.6. The van der Waals surface area contributed by atoms with E-state index in [1.165, 1.54) is 6.07 Å². The van der Waals surface area contributed by atoms with E-state index in [1.807, 2.05) is 6.07 Å². The second kappa shape index (κ2) is 6.29. The predicted octanol–water partition coefficient (Wildman–Crippen LogP) is 2.55. The third-order valence-corrected chi connectivity index (χ3v) is 2.94. The summed E-state index contributed by atoms with van der Waals surface area (Å²) in [5, 5.41) is 18.4. The number of aromatic nitrogens is 1. The molecule has 2 aromatic rings. The molecule has 1 heterocycles. The summed E-state index contributed by atoms with van der Waals surface area (Å²) in [6, 6.07) is 7.29. The SMILES string of the molecule is CC(C)NCCNc1ccc([N+](=O)[O-])c2ncccc12. The van der Waals surface area contributed by atoms with Crippen LogP contribution in [0, 0.1) is 10.1 Å². The quantitative estimate of drug-likeness (QED) is 0.480. The van der Waals surface area contributed by atoms with Crippen LogP contribution in [0.4, 0.5) is 11.4 Å². The fourth-order valence-electron chi connectivity index (χ4n) is 2.02. The molecule has 2 N–H and O–H groups in total. The Morgan fingerprint density at radius 3 is 2.80 bits per heavy atom. The van der Waals surface area contributed by atoms with E-state index < -0.39 is 4.92 Å². The maximum absolute atomic E-state index is 11.0. The van der Waals surface area contributed by atoms with Crippen molar-refractivity contribution < 1.29 is 4.92 Å². The van der Waals surface area contributed by atoms with Gasteiger partial charge >= 0.3 is 0 Å². The molecule has 0 bridgehead atoms. The van der Waals surface area contributed by atoms with Crippen LogP contribution < -0.4 is 10.6 Å². The minimum Gasteiger partial charge on any atom is -0.383 e. The Balaban J connectivity index is 2.22. The largest absolute Gasteiger partial charge is 0.383 e. The molecule has 0 atom stereocenters. The van der Waals surface area contributed by atoms with E-state index in [0.29, 0.717) is 11.6 Å². The average Bonchev–Trinajstić information content (AvgIpc) is 2.43. The number of non-ortho nitro benzene ring substituents is 1. The van der Waals surface area contributed by atoms with Crippen molar-refractivity contribution in [1.29, 1.82) is 0 Å². The Hall–Kier alpha value is -2.21. The van der Waals surface area contributed by atoms with Gasteiger partial charge in [0.25, 0.3) is 5.69 Å². The first-order valence-corrected chi connectivity index (χ1v) is 6.59. The molecule has 0 amide bonds. The molecule has 6 heteroatoms. The van der Waals surface area contributed by atoms with Crippen molar-refractivity contribution in [3.8, 4) is 0 Å². The Labute approximate surface area is 117 Å². The molecule has 0 aliphatic rings. The van der Waals surface area contributed by atoms with E-state index in [1.54, 1.807) is 18.3 Å². The lowest BCUT2D eigenvalue weighted by molar-refractivity contribution is -0.383. The third-order valence-electron chi connectivity index (χ3n) is 2.94. The minimum absolute atomic E-state index is 0.0338. The van der Waals surface area contributed by atoms with Crippen molar-refractivity contribution in [2.75, 3.05) is 18.4 Å². The van der Waals surface area contributed by atoms with Crippen molar-refractivity contribution >= 4 is 22.3 Å². The lowest BCUT2D eigenvalue weighted by atomic mass is 10.1. The first-order chi connectivity index (χ1) is 9.59. The molecule has 106 valence electrons. The Morgan fingerprint density at radius 1 is 1.30 bits per heavy atom. The smallest absolute Gasteiger partial charge is 0.295 e. The van der Waals surface area contributed by atoms with Gasteiger partial charge in [-0.1, -0.05) is 13.8 Å². The molecule has 1 aromatic carbocycles. The maximum Gasteiger partial charge on any atom is 0.295 e. The summed E-state index contributed by atoms with van der Waals surface area (Å²) < 4.78 is 0. The van der Waals surface area contributed by atoms with E-state index >= 15 is 0 Å². The normalized spacial score (nSPS) is 10.9. The summed E-state index contributed by atoms with van der Waals surface area (Å²) in [4.78, 5) is 14.7. The van der Waals surface area contributed by atoms with Gasteiger partial charge in [0.05, 0.1) is 4.92 Å². The molecular weight excluding hydrogens is 256 g/mol. The standard InChI is InChI=1S/C14H18N4O2/c1-10(2)15-8-9-16-12-5-6-13(18(19)20)14-11(12)4-3-7-17-14/h3-7,10,15-16H,8-9H2,1-2H3. The predicted molar refractivity (Wildman–Crippen MR) is 80.0 cm³/mol. The molecule has 0 aliphatic carbocycles. The first kappa shape index (κ1) is 14.2. The van der Waals surface area contributed by atoms with Crippen LogP contribution in [-0.4, -0.2) is 29.0 Å². The highest BCUT2D eigenvalue weighted by Gasteiger charge is 2.14. The summed E-state index contributed by atoms with van der Waals surface area (Å²) >= 11 is 0. The van der Waals surface area contributed by atoms with Crippen molar-refractivity contribution in [1.82, 2.24) is 10.3 Å². The van der Waals surface area contributed by atoms with Gasteiger partial charge in [-0.25, -0.2) is 4.98 Å². The topological polar surface area (TPSA) is 80.1 Å². The van der Waals surface area contributed by atoms with Gasteiger partial charge in [-0.3, -0.25) is 10.1 Å². The van der Waals surface area contributed by atoms with Gasteiger partial charge in [0.2, 0.25) is 0 Å². The van der Waals surface area contributed by atoms with Crippen LogP contribution in [0.2, 0.25) is 0 Å². The van der Waals surface area contributed by atoms with E-state index in [2.05, 4.69) is 29.5 Å². The number of nitrogens with one attached hydrogen (secondary N) is 2. The maximum atomic E-state index is 11.0. The molecular formula is C14H18N4O2. The molecule has 0 saturated carbocycles. The van der Waals surface area contributed by atoms with Gasteiger partial charge in [-0.2, -0.15) is 0 Å². The van der Waals surface area contributed by atoms with Crippen molar-refractivity contribution in [3.63, 3.8) is 0 Å². The number of nitrogens with zero attached hydrogens (tertiary/aromatic N) is 2. The van der Waals surface area contributed by atoms with Crippen LogP contribution in [0.25, 0.3) is 10.9 Å². The highest BCUT2D eigenvalue weighted by Crippen LogP contribution is 2.29. The van der Waals surface area contributed by atoms with Gasteiger partial charge in [-0.05, 0) is 18.2 Å². The molecule has 0 unspecified atom stereocenters. The monoisotopic (exact) mass is 274 g/mol. The lowest BCUT2D eigenvalue weighted by Crippen LogP contribution is -2.28. The van der Waals surface area contributed by atoms with Crippen molar-refractivity contribution in [2.24, 2.45) is 0 Å². The highest BCUT2D eigenvalue weighted by atomic mass is 16.6. The average molecular weight is 274 g/mol. The Kier molecular flexibility index (Phi) is 4.47. The number of rotatable bonds is 6. The molecule has 0 spiro atoms. The van der Waals surface area contributed by atoms with Crippen LogP contribution in [0.15, 0.2) is 30.5 Å². The Morgan fingerprint density at radius 2 is 2.10 bits per heavy atom. The third kappa shape index (κ3) is 3.21. The molecule has 0 saturated heterocycles. The number of nitro groups is 1. The summed E-state index contributed by atoms with van der Waals surface area (Å²) in [5.41, 5.74) is 1.31. The van der Waals surface area contributed by atoms with Crippen molar-refractivity contribution in [3.05, 3.63) is 40.6 Å². The van der Waals surface area contributed by atoms with Crippen LogP contribution in [-0.2, 0) is 0 Å². The summed E-state index contributed by atoms with van der Waals surface area (Å²) in [6.07, 6.45) is 1.57. The Bertz CT molecular complexity index is 613. The molecule has 0 aliphatic heterocycles.